The van der Waals surface area contributed by atoms with Gasteiger partial charge in [0.15, 0.2) is 11.5 Å². The SMILES string of the molecule is C=CCc1cc(CNc2ccccc2CC)cc(OCC)c1OC. The fourth-order valence-electron chi connectivity index (χ4n) is 2.83. The fraction of sp³-hybridized carbons (Fsp3) is 0.333. The maximum absolute atomic E-state index is 5.77. The van der Waals surface area contributed by atoms with E-state index in [0.29, 0.717) is 6.61 Å². The summed E-state index contributed by atoms with van der Waals surface area (Å²) in [5.74, 6) is 1.59. The predicted molar refractivity (Wildman–Crippen MR) is 101 cm³/mol. The zero-order valence-electron chi connectivity index (χ0n) is 14.9. The third-order valence-electron chi connectivity index (χ3n) is 3.94. The molecule has 0 amide bonds. The van der Waals surface area contributed by atoms with Gasteiger partial charge in [0.05, 0.1) is 13.7 Å². The second-order valence-corrected chi connectivity index (χ2v) is 5.58. The number of nitrogens with one attached hydrogen (secondary N) is 1. The van der Waals surface area contributed by atoms with Crippen molar-refractivity contribution in [3.8, 4) is 11.5 Å². The molecule has 2 rings (SSSR count). The molecule has 0 aromatic heterocycles. The van der Waals surface area contributed by atoms with Crippen molar-refractivity contribution in [2.24, 2.45) is 0 Å². The Hall–Kier alpha value is -2.42. The molecule has 0 saturated carbocycles. The third-order valence-corrected chi connectivity index (χ3v) is 3.94. The second-order valence-electron chi connectivity index (χ2n) is 5.58. The fourth-order valence-corrected chi connectivity index (χ4v) is 2.83. The predicted octanol–water partition coefficient (Wildman–Crippen LogP) is 5.00. The van der Waals surface area contributed by atoms with Crippen LogP contribution in [0.3, 0.4) is 0 Å². The Balaban J connectivity index is 2.27. The van der Waals surface area contributed by atoms with Crippen molar-refractivity contribution in [1.82, 2.24) is 0 Å². The highest BCUT2D eigenvalue weighted by Crippen LogP contribution is 2.34. The Bertz CT molecular complexity index is 680. The van der Waals surface area contributed by atoms with Crippen LogP contribution in [0.2, 0.25) is 0 Å². The summed E-state index contributed by atoms with van der Waals surface area (Å²) < 4.78 is 11.3. The van der Waals surface area contributed by atoms with Crippen molar-refractivity contribution in [2.75, 3.05) is 19.0 Å². The van der Waals surface area contributed by atoms with Crippen LogP contribution < -0.4 is 14.8 Å². The molecule has 0 bridgehead atoms. The number of hydrogen-bond acceptors (Lipinski definition) is 3. The molecule has 1 N–H and O–H groups in total. The van der Waals surface area contributed by atoms with E-state index in [1.165, 1.54) is 16.8 Å². The first-order valence-corrected chi connectivity index (χ1v) is 8.48. The van der Waals surface area contributed by atoms with Gasteiger partial charge in [-0.2, -0.15) is 0 Å². The van der Waals surface area contributed by atoms with E-state index in [2.05, 4.69) is 55.2 Å². The topological polar surface area (TPSA) is 30.5 Å². The average Bonchev–Trinajstić information content (AvgIpc) is 2.60. The van der Waals surface area contributed by atoms with Crippen molar-refractivity contribution in [2.45, 2.75) is 33.2 Å². The molecule has 0 atom stereocenters. The van der Waals surface area contributed by atoms with E-state index in [4.69, 9.17) is 9.47 Å². The highest BCUT2D eigenvalue weighted by Gasteiger charge is 2.12. The number of benzene rings is 2. The van der Waals surface area contributed by atoms with Crippen LogP contribution in [0.25, 0.3) is 0 Å². The Morgan fingerprint density at radius 3 is 2.58 bits per heavy atom. The van der Waals surface area contributed by atoms with E-state index < -0.39 is 0 Å². The molecule has 2 aromatic carbocycles. The van der Waals surface area contributed by atoms with Crippen LogP contribution >= 0.6 is 0 Å². The molecule has 0 radical (unpaired) electrons. The van der Waals surface area contributed by atoms with Gasteiger partial charge in [-0.3, -0.25) is 0 Å². The molecule has 0 heterocycles. The van der Waals surface area contributed by atoms with Crippen LogP contribution in [0.5, 0.6) is 11.5 Å². The molecule has 128 valence electrons. The summed E-state index contributed by atoms with van der Waals surface area (Å²) in [5.41, 5.74) is 4.77. The van der Waals surface area contributed by atoms with E-state index >= 15 is 0 Å². The molecule has 0 aliphatic rings. The zero-order chi connectivity index (χ0) is 17.4. The minimum atomic E-state index is 0.611. The molecule has 0 aliphatic heterocycles. The number of ether oxygens (including phenoxy) is 2. The first kappa shape index (κ1) is 17.9. The molecule has 3 nitrogen and oxygen atoms in total. The van der Waals surface area contributed by atoms with E-state index in [-0.39, 0.29) is 0 Å². The molecular formula is C21H27NO2. The molecular weight excluding hydrogens is 298 g/mol. The van der Waals surface area contributed by atoms with Gasteiger partial charge < -0.3 is 14.8 Å². The minimum absolute atomic E-state index is 0.611. The van der Waals surface area contributed by atoms with Gasteiger partial charge in [0, 0.05) is 17.8 Å². The van der Waals surface area contributed by atoms with Gasteiger partial charge in [0.25, 0.3) is 0 Å². The summed E-state index contributed by atoms with van der Waals surface area (Å²) in [7, 11) is 1.68. The number of aryl methyl sites for hydroxylation is 1. The largest absolute Gasteiger partial charge is 0.493 e. The minimum Gasteiger partial charge on any atom is -0.493 e. The van der Waals surface area contributed by atoms with E-state index in [1.807, 2.05) is 13.0 Å². The number of rotatable bonds is 9. The van der Waals surface area contributed by atoms with Crippen LogP contribution in [-0.4, -0.2) is 13.7 Å². The zero-order valence-corrected chi connectivity index (χ0v) is 14.9. The Kier molecular flexibility index (Phi) is 6.74. The summed E-state index contributed by atoms with van der Waals surface area (Å²) in [6, 6.07) is 12.6. The standard InChI is InChI=1S/C21H27NO2/c1-5-10-18-13-16(14-20(24-7-3)21(18)23-4)15-22-19-12-9-8-11-17(19)6-2/h5,8-9,11-14,22H,1,6-7,10,15H2,2-4H3. The van der Waals surface area contributed by atoms with Crippen molar-refractivity contribution in [3.05, 3.63) is 65.7 Å². The number of methoxy groups -OCH3 is 1. The molecule has 3 heteroatoms. The molecule has 0 fully saturated rings. The van der Waals surface area contributed by atoms with Crippen LogP contribution in [0.1, 0.15) is 30.5 Å². The van der Waals surface area contributed by atoms with Crippen molar-refractivity contribution in [3.63, 3.8) is 0 Å². The molecule has 24 heavy (non-hydrogen) atoms. The number of para-hydroxylation sites is 1. The number of hydrogen-bond donors (Lipinski definition) is 1. The van der Waals surface area contributed by atoms with Gasteiger partial charge in [0.1, 0.15) is 0 Å². The number of allylic oxidation sites excluding steroid dienone is 1. The summed E-state index contributed by atoms with van der Waals surface area (Å²) in [5, 5.41) is 3.53. The quantitative estimate of drug-likeness (QED) is 0.658. The van der Waals surface area contributed by atoms with E-state index in [1.54, 1.807) is 7.11 Å². The third kappa shape index (κ3) is 4.31. The smallest absolute Gasteiger partial charge is 0.164 e. The first-order chi connectivity index (χ1) is 11.7. The van der Waals surface area contributed by atoms with Crippen LogP contribution in [0.15, 0.2) is 49.1 Å². The summed E-state index contributed by atoms with van der Waals surface area (Å²) in [6.45, 7) is 9.34. The molecule has 0 saturated heterocycles. The lowest BCUT2D eigenvalue weighted by atomic mass is 10.0. The summed E-state index contributed by atoms with van der Waals surface area (Å²) in [4.78, 5) is 0. The summed E-state index contributed by atoms with van der Waals surface area (Å²) >= 11 is 0. The Labute approximate surface area is 145 Å². The molecule has 0 unspecified atom stereocenters. The second kappa shape index (κ2) is 9.02. The van der Waals surface area contributed by atoms with Gasteiger partial charge in [0.2, 0.25) is 0 Å². The maximum atomic E-state index is 5.77. The Morgan fingerprint density at radius 1 is 1.12 bits per heavy atom. The van der Waals surface area contributed by atoms with Gasteiger partial charge in [-0.25, -0.2) is 0 Å². The van der Waals surface area contributed by atoms with E-state index in [0.717, 1.165) is 36.4 Å². The van der Waals surface area contributed by atoms with Crippen LogP contribution in [0.4, 0.5) is 5.69 Å². The highest BCUT2D eigenvalue weighted by molar-refractivity contribution is 5.54. The van der Waals surface area contributed by atoms with Crippen LogP contribution in [0, 0.1) is 0 Å². The average molecular weight is 325 g/mol. The molecule has 0 aliphatic carbocycles. The molecule has 2 aromatic rings. The van der Waals surface area contributed by atoms with Crippen molar-refractivity contribution in [1.29, 1.82) is 0 Å². The highest BCUT2D eigenvalue weighted by atomic mass is 16.5. The van der Waals surface area contributed by atoms with Gasteiger partial charge in [-0.15, -0.1) is 6.58 Å². The van der Waals surface area contributed by atoms with Crippen molar-refractivity contribution >= 4 is 5.69 Å². The monoisotopic (exact) mass is 325 g/mol. The van der Waals surface area contributed by atoms with E-state index in [9.17, 15) is 0 Å². The van der Waals surface area contributed by atoms with Crippen LogP contribution in [-0.2, 0) is 19.4 Å². The van der Waals surface area contributed by atoms with Gasteiger partial charge in [-0.05, 0) is 49.1 Å². The normalized spacial score (nSPS) is 10.3. The van der Waals surface area contributed by atoms with Crippen molar-refractivity contribution < 1.29 is 9.47 Å². The number of anilines is 1. The lowest BCUT2D eigenvalue weighted by Gasteiger charge is -2.17. The molecule has 0 spiro atoms. The van der Waals surface area contributed by atoms with Gasteiger partial charge >= 0.3 is 0 Å². The summed E-state index contributed by atoms with van der Waals surface area (Å²) in [6.07, 6.45) is 3.65. The lowest BCUT2D eigenvalue weighted by Crippen LogP contribution is -2.05. The first-order valence-electron chi connectivity index (χ1n) is 8.48. The lowest BCUT2D eigenvalue weighted by molar-refractivity contribution is 0.309. The van der Waals surface area contributed by atoms with Gasteiger partial charge in [-0.1, -0.05) is 31.2 Å². The maximum Gasteiger partial charge on any atom is 0.164 e. The Morgan fingerprint density at radius 2 is 1.92 bits per heavy atom.